The lowest BCUT2D eigenvalue weighted by molar-refractivity contribution is 0.123. The summed E-state index contributed by atoms with van der Waals surface area (Å²) in [5, 5.41) is 6.78. The molecule has 1 aliphatic rings. The number of ether oxygens (including phenoxy) is 1. The second-order valence-electron chi connectivity index (χ2n) is 7.02. The lowest BCUT2D eigenvalue weighted by atomic mass is 10.1. The fourth-order valence-corrected chi connectivity index (χ4v) is 3.45. The highest BCUT2D eigenvalue weighted by Gasteiger charge is 2.14. The second kappa shape index (κ2) is 9.89. The Morgan fingerprint density at radius 3 is 2.59 bits per heavy atom. The number of hydrogen-bond acceptors (Lipinski definition) is 6. The zero-order valence-electron chi connectivity index (χ0n) is 16.6. The Bertz CT molecular complexity index is 897. The van der Waals surface area contributed by atoms with Crippen LogP contribution in [0.2, 0.25) is 0 Å². The van der Waals surface area contributed by atoms with Crippen LogP contribution in [0.15, 0.2) is 66.9 Å². The van der Waals surface area contributed by atoms with E-state index >= 15 is 0 Å². The van der Waals surface area contributed by atoms with Crippen molar-refractivity contribution in [2.45, 2.75) is 12.8 Å². The zero-order chi connectivity index (χ0) is 19.7. The molecule has 0 unspecified atom stereocenters. The van der Waals surface area contributed by atoms with Crippen molar-refractivity contribution in [2.75, 3.05) is 48.4 Å². The molecule has 2 N–H and O–H groups in total. The van der Waals surface area contributed by atoms with E-state index in [1.807, 2.05) is 18.2 Å². The van der Waals surface area contributed by atoms with Crippen molar-refractivity contribution in [2.24, 2.45) is 0 Å². The van der Waals surface area contributed by atoms with Gasteiger partial charge in [0.2, 0.25) is 5.95 Å². The molecular weight excluding hydrogens is 362 g/mol. The van der Waals surface area contributed by atoms with Gasteiger partial charge in [-0.15, -0.1) is 0 Å². The van der Waals surface area contributed by atoms with Crippen molar-refractivity contribution in [3.63, 3.8) is 0 Å². The molecule has 2 aromatic carbocycles. The zero-order valence-corrected chi connectivity index (χ0v) is 16.6. The first-order valence-corrected chi connectivity index (χ1v) is 10.2. The van der Waals surface area contributed by atoms with Gasteiger partial charge in [-0.2, -0.15) is 4.98 Å². The van der Waals surface area contributed by atoms with Crippen molar-refractivity contribution < 1.29 is 4.74 Å². The minimum absolute atomic E-state index is 0.645. The second-order valence-corrected chi connectivity index (χ2v) is 7.02. The fourth-order valence-electron chi connectivity index (χ4n) is 3.45. The lowest BCUT2D eigenvalue weighted by Gasteiger charge is -2.30. The number of rotatable bonds is 8. The first-order valence-electron chi connectivity index (χ1n) is 10.2. The number of anilines is 4. The summed E-state index contributed by atoms with van der Waals surface area (Å²) >= 11 is 0. The number of nitrogens with one attached hydrogen (secondary N) is 2. The largest absolute Gasteiger partial charge is 0.378 e. The number of morpholine rings is 1. The fraction of sp³-hybridized carbons (Fsp3) is 0.304. The van der Waals surface area contributed by atoms with E-state index in [4.69, 9.17) is 4.74 Å². The molecule has 0 amide bonds. The molecule has 29 heavy (non-hydrogen) atoms. The molecule has 6 heteroatoms. The number of aryl methyl sites for hydroxylation is 1. The summed E-state index contributed by atoms with van der Waals surface area (Å²) in [5.41, 5.74) is 3.57. The molecule has 0 bridgehead atoms. The normalized spacial score (nSPS) is 13.9. The maximum atomic E-state index is 5.48. The van der Waals surface area contributed by atoms with Crippen LogP contribution >= 0.6 is 0 Å². The minimum Gasteiger partial charge on any atom is -0.378 e. The number of nitrogens with zero attached hydrogens (tertiary/aromatic N) is 3. The van der Waals surface area contributed by atoms with E-state index in [-0.39, 0.29) is 0 Å². The van der Waals surface area contributed by atoms with Crippen molar-refractivity contribution in [1.82, 2.24) is 9.97 Å². The standard InChI is InChI=1S/C23H27N5O/c1-2-7-19(8-3-1)9-6-13-24-23-25-14-12-22(27-23)26-20-10-4-5-11-21(20)28-15-17-29-18-16-28/h1-5,7-8,10-12,14H,6,9,13,15-18H2,(H2,24,25,26,27). The van der Waals surface area contributed by atoms with Gasteiger partial charge in [-0.1, -0.05) is 42.5 Å². The molecule has 0 radical (unpaired) electrons. The van der Waals surface area contributed by atoms with Gasteiger partial charge >= 0.3 is 0 Å². The molecule has 1 aromatic heterocycles. The lowest BCUT2D eigenvalue weighted by Crippen LogP contribution is -2.36. The Morgan fingerprint density at radius 1 is 0.931 bits per heavy atom. The van der Waals surface area contributed by atoms with Crippen LogP contribution in [0.1, 0.15) is 12.0 Å². The van der Waals surface area contributed by atoms with Gasteiger partial charge in [-0.25, -0.2) is 4.98 Å². The highest BCUT2D eigenvalue weighted by atomic mass is 16.5. The van der Waals surface area contributed by atoms with E-state index in [9.17, 15) is 0 Å². The van der Waals surface area contributed by atoms with E-state index < -0.39 is 0 Å². The maximum Gasteiger partial charge on any atom is 0.224 e. The molecule has 6 nitrogen and oxygen atoms in total. The molecule has 4 rings (SSSR count). The minimum atomic E-state index is 0.645. The number of para-hydroxylation sites is 2. The molecule has 0 aliphatic carbocycles. The van der Waals surface area contributed by atoms with E-state index in [0.29, 0.717) is 5.95 Å². The van der Waals surface area contributed by atoms with Gasteiger partial charge in [0, 0.05) is 25.8 Å². The van der Waals surface area contributed by atoms with E-state index in [0.717, 1.165) is 57.2 Å². The van der Waals surface area contributed by atoms with Crippen LogP contribution in [-0.4, -0.2) is 42.8 Å². The molecule has 0 spiro atoms. The van der Waals surface area contributed by atoms with Gasteiger partial charge in [-0.3, -0.25) is 0 Å². The molecule has 1 aliphatic heterocycles. The predicted octanol–water partition coefficient (Wildman–Crippen LogP) is 4.10. The molecule has 1 saturated heterocycles. The SMILES string of the molecule is c1ccc(CCCNc2nccc(Nc3ccccc3N3CCOCC3)n2)cc1. The van der Waals surface area contributed by atoms with Crippen LogP contribution in [0.3, 0.4) is 0 Å². The Labute approximate surface area is 172 Å². The Kier molecular flexibility index (Phi) is 6.55. The van der Waals surface area contributed by atoms with Crippen molar-refractivity contribution in [3.8, 4) is 0 Å². The first-order chi connectivity index (χ1) is 14.4. The summed E-state index contributed by atoms with van der Waals surface area (Å²) in [6.07, 6.45) is 3.86. The smallest absolute Gasteiger partial charge is 0.224 e. The topological polar surface area (TPSA) is 62.3 Å². The molecule has 1 fully saturated rings. The summed E-state index contributed by atoms with van der Waals surface area (Å²) in [4.78, 5) is 11.3. The number of hydrogen-bond donors (Lipinski definition) is 2. The molecular formula is C23H27N5O. The molecule has 2 heterocycles. The van der Waals surface area contributed by atoms with Crippen LogP contribution in [0.4, 0.5) is 23.1 Å². The van der Waals surface area contributed by atoms with Gasteiger partial charge in [0.25, 0.3) is 0 Å². The third-order valence-corrected chi connectivity index (χ3v) is 4.94. The maximum absolute atomic E-state index is 5.48. The molecule has 3 aromatic rings. The van der Waals surface area contributed by atoms with Crippen LogP contribution in [-0.2, 0) is 11.2 Å². The van der Waals surface area contributed by atoms with Crippen LogP contribution < -0.4 is 15.5 Å². The summed E-state index contributed by atoms with van der Waals surface area (Å²) in [6, 6.07) is 20.7. The van der Waals surface area contributed by atoms with Gasteiger partial charge in [0.1, 0.15) is 5.82 Å². The van der Waals surface area contributed by atoms with Gasteiger partial charge in [0.05, 0.1) is 24.6 Å². The highest BCUT2D eigenvalue weighted by Crippen LogP contribution is 2.28. The van der Waals surface area contributed by atoms with Crippen LogP contribution in [0.25, 0.3) is 0 Å². The predicted molar refractivity (Wildman–Crippen MR) is 118 cm³/mol. The van der Waals surface area contributed by atoms with Gasteiger partial charge < -0.3 is 20.3 Å². The van der Waals surface area contributed by atoms with Crippen molar-refractivity contribution in [3.05, 3.63) is 72.4 Å². The Balaban J connectivity index is 1.35. The number of aromatic nitrogens is 2. The third kappa shape index (κ3) is 5.45. The average molecular weight is 390 g/mol. The summed E-state index contributed by atoms with van der Waals surface area (Å²) in [6.45, 7) is 4.16. The molecule has 150 valence electrons. The summed E-state index contributed by atoms with van der Waals surface area (Å²) < 4.78 is 5.48. The third-order valence-electron chi connectivity index (χ3n) is 4.94. The summed E-state index contributed by atoms with van der Waals surface area (Å²) in [7, 11) is 0. The monoisotopic (exact) mass is 389 g/mol. The first kappa shape index (κ1) is 19.2. The van der Waals surface area contributed by atoms with E-state index in [2.05, 4.69) is 68.0 Å². The highest BCUT2D eigenvalue weighted by molar-refractivity contribution is 5.74. The Hall–Kier alpha value is -3.12. The number of benzene rings is 2. The van der Waals surface area contributed by atoms with Crippen LogP contribution in [0, 0.1) is 0 Å². The average Bonchev–Trinajstić information content (AvgIpc) is 2.79. The van der Waals surface area contributed by atoms with Gasteiger partial charge in [-0.05, 0) is 36.6 Å². The summed E-state index contributed by atoms with van der Waals surface area (Å²) in [5.74, 6) is 1.43. The molecule has 0 atom stereocenters. The van der Waals surface area contributed by atoms with Crippen molar-refractivity contribution in [1.29, 1.82) is 0 Å². The van der Waals surface area contributed by atoms with Gasteiger partial charge in [0.15, 0.2) is 0 Å². The molecule has 0 saturated carbocycles. The van der Waals surface area contributed by atoms with E-state index in [1.165, 1.54) is 11.3 Å². The van der Waals surface area contributed by atoms with E-state index in [1.54, 1.807) is 6.20 Å². The van der Waals surface area contributed by atoms with Crippen molar-refractivity contribution >= 4 is 23.1 Å². The quantitative estimate of drug-likeness (QED) is 0.566. The van der Waals surface area contributed by atoms with Crippen LogP contribution in [0.5, 0.6) is 0 Å². The Morgan fingerprint density at radius 2 is 1.72 bits per heavy atom.